The summed E-state index contributed by atoms with van der Waals surface area (Å²) < 4.78 is 19.2. The molecule has 0 unspecified atom stereocenters. The van der Waals surface area contributed by atoms with Crippen molar-refractivity contribution in [1.82, 2.24) is 0 Å². The first-order valence-electron chi connectivity index (χ1n) is 13.4. The Morgan fingerprint density at radius 3 is 2.00 bits per heavy atom. The zero-order valence-corrected chi connectivity index (χ0v) is 23.4. The number of aliphatic hydroxyl groups is 1. The van der Waals surface area contributed by atoms with Crippen molar-refractivity contribution in [2.75, 3.05) is 6.61 Å². The normalized spacial score (nSPS) is 22.8. The van der Waals surface area contributed by atoms with Gasteiger partial charge in [-0.1, -0.05) is 94.8 Å². The Hall–Kier alpha value is -1.83. The van der Waals surface area contributed by atoms with E-state index in [2.05, 4.69) is 45.0 Å². The first-order valence-corrected chi connectivity index (χ1v) is 15.3. The number of ketones is 1. The number of ether oxygens (including phenoxy) is 2. The lowest BCUT2D eigenvalue weighted by molar-refractivity contribution is -0.190. The van der Waals surface area contributed by atoms with Gasteiger partial charge in [-0.15, -0.1) is 0 Å². The zero-order valence-electron chi connectivity index (χ0n) is 22.4. The van der Waals surface area contributed by atoms with E-state index in [1.54, 1.807) is 6.92 Å². The number of hydrogen-bond acceptors (Lipinski definition) is 5. The fourth-order valence-electron chi connectivity index (χ4n) is 5.96. The first-order chi connectivity index (χ1) is 17.1. The average molecular weight is 511 g/mol. The van der Waals surface area contributed by atoms with Crippen molar-refractivity contribution < 1.29 is 23.8 Å². The van der Waals surface area contributed by atoms with Crippen molar-refractivity contribution >= 4 is 24.5 Å². The number of Topliss-reactive ketones (excluding diaryl/α,β-unsaturated/α-hetero) is 1. The highest BCUT2D eigenvalue weighted by Gasteiger charge is 2.52. The van der Waals surface area contributed by atoms with E-state index in [1.165, 1.54) is 6.42 Å². The van der Waals surface area contributed by atoms with Crippen LogP contribution in [0.25, 0.3) is 0 Å². The Labute approximate surface area is 217 Å². The highest BCUT2D eigenvalue weighted by Crippen LogP contribution is 2.40. The molecule has 1 N–H and O–H groups in total. The zero-order chi connectivity index (χ0) is 26.0. The van der Waals surface area contributed by atoms with E-state index < -0.39 is 38.3 Å². The molecule has 0 amide bonds. The van der Waals surface area contributed by atoms with Crippen LogP contribution in [0.15, 0.2) is 60.7 Å². The number of aliphatic hydroxyl groups excluding tert-OH is 1. The molecule has 1 aliphatic carbocycles. The predicted molar refractivity (Wildman–Crippen MR) is 145 cm³/mol. The second-order valence-electron chi connectivity index (χ2n) is 11.6. The minimum Gasteiger partial charge on any atom is -0.402 e. The lowest BCUT2D eigenvalue weighted by atomic mass is 9.92. The molecule has 0 aromatic heterocycles. The molecule has 1 saturated carbocycles. The van der Waals surface area contributed by atoms with Gasteiger partial charge in [0.25, 0.3) is 8.32 Å². The van der Waals surface area contributed by atoms with Gasteiger partial charge in [-0.3, -0.25) is 4.79 Å². The molecule has 5 nitrogen and oxygen atoms in total. The van der Waals surface area contributed by atoms with Crippen LogP contribution < -0.4 is 10.4 Å². The lowest BCUT2D eigenvalue weighted by Gasteiger charge is -2.45. The molecular weight excluding hydrogens is 468 g/mol. The Kier molecular flexibility index (Phi) is 8.22. The molecule has 2 aliphatic rings. The summed E-state index contributed by atoms with van der Waals surface area (Å²) in [6.45, 7) is 10.6. The summed E-state index contributed by atoms with van der Waals surface area (Å²) in [5, 5.41) is 13.5. The number of carbonyl (C=O) groups is 1. The third kappa shape index (κ3) is 5.25. The Morgan fingerprint density at radius 1 is 0.972 bits per heavy atom. The standard InChI is InChI=1S/C30H42O5Si/c1-22(28(32)26-21-33-30(34-26)19-13-8-14-20-30)27(31)23(2)35-36(29(3,4)5,24-15-9-6-10-16-24)25-17-11-7-12-18-25/h6-7,9-12,15-18,22-23,26-27,31H,8,13-14,19-21H2,1-5H3/t22-,23+,26+,27-/m1/s1. The van der Waals surface area contributed by atoms with Crippen LogP contribution in [0.5, 0.6) is 0 Å². The molecule has 1 saturated heterocycles. The SMILES string of the molecule is C[C@H](O[Si](c1ccccc1)(c1ccccc1)C(C)(C)C)[C@H](O)[C@@H](C)C(=O)[C@@H]1COC2(CCCCC2)O1. The monoisotopic (exact) mass is 510 g/mol. The van der Waals surface area contributed by atoms with Gasteiger partial charge in [-0.25, -0.2) is 0 Å². The maximum atomic E-state index is 13.4. The maximum Gasteiger partial charge on any atom is 0.261 e. The van der Waals surface area contributed by atoms with Gasteiger partial charge < -0.3 is 19.0 Å². The van der Waals surface area contributed by atoms with E-state index >= 15 is 0 Å². The molecule has 1 aliphatic heterocycles. The Morgan fingerprint density at radius 2 is 1.50 bits per heavy atom. The van der Waals surface area contributed by atoms with Crippen LogP contribution in [0.2, 0.25) is 5.04 Å². The lowest BCUT2D eigenvalue weighted by Crippen LogP contribution is -2.68. The van der Waals surface area contributed by atoms with Crippen molar-refractivity contribution in [3.8, 4) is 0 Å². The number of hydrogen-bond donors (Lipinski definition) is 1. The molecule has 4 atom stereocenters. The van der Waals surface area contributed by atoms with Gasteiger partial charge in [0.05, 0.1) is 18.8 Å². The molecular formula is C30H42O5Si. The summed E-state index contributed by atoms with van der Waals surface area (Å²) in [7, 11) is -2.85. The van der Waals surface area contributed by atoms with Crippen LogP contribution in [-0.2, 0) is 18.7 Å². The van der Waals surface area contributed by atoms with Gasteiger partial charge in [0.2, 0.25) is 0 Å². The molecule has 196 valence electrons. The van der Waals surface area contributed by atoms with Crippen LogP contribution in [0.4, 0.5) is 0 Å². The van der Waals surface area contributed by atoms with Gasteiger partial charge >= 0.3 is 0 Å². The minimum absolute atomic E-state index is 0.108. The third-order valence-electron chi connectivity index (χ3n) is 8.01. The molecule has 0 bridgehead atoms. The Balaban J connectivity index is 1.57. The minimum atomic E-state index is -2.85. The van der Waals surface area contributed by atoms with E-state index in [-0.39, 0.29) is 17.4 Å². The highest BCUT2D eigenvalue weighted by molar-refractivity contribution is 6.99. The average Bonchev–Trinajstić information content (AvgIpc) is 3.29. The fraction of sp³-hybridized carbons (Fsp3) is 0.567. The van der Waals surface area contributed by atoms with Crippen LogP contribution in [0.3, 0.4) is 0 Å². The molecule has 0 radical (unpaired) electrons. The van der Waals surface area contributed by atoms with Gasteiger partial charge in [-0.2, -0.15) is 0 Å². The molecule has 36 heavy (non-hydrogen) atoms. The second-order valence-corrected chi connectivity index (χ2v) is 15.8. The summed E-state index contributed by atoms with van der Waals surface area (Å²) in [5.41, 5.74) is 0. The maximum absolute atomic E-state index is 13.4. The van der Waals surface area contributed by atoms with Gasteiger partial charge in [0.15, 0.2) is 11.6 Å². The van der Waals surface area contributed by atoms with E-state index in [0.29, 0.717) is 0 Å². The van der Waals surface area contributed by atoms with Gasteiger partial charge in [0.1, 0.15) is 6.10 Å². The summed E-state index contributed by atoms with van der Waals surface area (Å²) >= 11 is 0. The van der Waals surface area contributed by atoms with Gasteiger partial charge in [-0.05, 0) is 35.2 Å². The summed E-state index contributed by atoms with van der Waals surface area (Å²) in [6, 6.07) is 20.7. The van der Waals surface area contributed by atoms with Crippen molar-refractivity contribution in [2.45, 2.75) is 95.9 Å². The molecule has 1 spiro atoms. The summed E-state index contributed by atoms with van der Waals surface area (Å²) in [5.74, 6) is -1.35. The smallest absolute Gasteiger partial charge is 0.261 e. The largest absolute Gasteiger partial charge is 0.402 e. The fourth-order valence-corrected chi connectivity index (χ4v) is 10.7. The van der Waals surface area contributed by atoms with Crippen molar-refractivity contribution in [3.63, 3.8) is 0 Å². The van der Waals surface area contributed by atoms with Crippen LogP contribution in [0, 0.1) is 5.92 Å². The van der Waals surface area contributed by atoms with Crippen LogP contribution in [0.1, 0.15) is 66.7 Å². The topological polar surface area (TPSA) is 65.0 Å². The van der Waals surface area contributed by atoms with Crippen LogP contribution >= 0.6 is 0 Å². The summed E-state index contributed by atoms with van der Waals surface area (Å²) in [4.78, 5) is 13.4. The first kappa shape index (κ1) is 27.2. The number of rotatable bonds is 8. The Bertz CT molecular complexity index is 958. The van der Waals surface area contributed by atoms with E-state index in [9.17, 15) is 9.90 Å². The number of carbonyl (C=O) groups excluding carboxylic acids is 1. The molecule has 2 fully saturated rings. The number of benzene rings is 2. The molecule has 2 aromatic rings. The van der Waals surface area contributed by atoms with Crippen molar-refractivity contribution in [1.29, 1.82) is 0 Å². The highest BCUT2D eigenvalue weighted by atomic mass is 28.4. The second kappa shape index (κ2) is 10.9. The van der Waals surface area contributed by atoms with E-state index in [0.717, 1.165) is 36.1 Å². The van der Waals surface area contributed by atoms with Gasteiger partial charge in [0, 0.05) is 18.8 Å². The van der Waals surface area contributed by atoms with Crippen molar-refractivity contribution in [3.05, 3.63) is 60.7 Å². The third-order valence-corrected chi connectivity index (χ3v) is 13.1. The quantitative estimate of drug-likeness (QED) is 0.526. The molecule has 6 heteroatoms. The van der Waals surface area contributed by atoms with E-state index in [4.69, 9.17) is 13.9 Å². The molecule has 2 aromatic carbocycles. The molecule has 4 rings (SSSR count). The van der Waals surface area contributed by atoms with Crippen molar-refractivity contribution in [2.24, 2.45) is 5.92 Å². The predicted octanol–water partition coefficient (Wildman–Crippen LogP) is 4.59. The van der Waals surface area contributed by atoms with E-state index in [1.807, 2.05) is 43.3 Å². The molecule has 1 heterocycles. The summed E-state index contributed by atoms with van der Waals surface area (Å²) in [6.07, 6.45) is 2.81. The van der Waals surface area contributed by atoms with Crippen LogP contribution in [-0.4, -0.2) is 49.9 Å².